The van der Waals surface area contributed by atoms with Crippen molar-refractivity contribution in [3.05, 3.63) is 16.1 Å². The van der Waals surface area contributed by atoms with Gasteiger partial charge in [0.05, 0.1) is 11.2 Å². The smallest absolute Gasteiger partial charge is 0.0798 e. The van der Waals surface area contributed by atoms with Crippen LogP contribution in [0, 0.1) is 6.92 Å². The summed E-state index contributed by atoms with van der Waals surface area (Å²) in [5.74, 6) is 0. The van der Waals surface area contributed by atoms with Crippen LogP contribution in [0.15, 0.2) is 5.51 Å². The molecule has 1 aromatic rings. The largest absolute Gasteiger partial charge is 0.396 e. The number of piperidine rings is 1. The highest BCUT2D eigenvalue weighted by Crippen LogP contribution is 2.24. The Bertz CT molecular complexity index is 325. The number of nitrogens with zero attached hydrogens (tertiary/aromatic N) is 2. The minimum Gasteiger partial charge on any atom is -0.396 e. The van der Waals surface area contributed by atoms with E-state index < -0.39 is 0 Å². The average Bonchev–Trinajstić information content (AvgIpc) is 2.68. The third kappa shape index (κ3) is 2.81. The first-order valence-electron chi connectivity index (χ1n) is 6.05. The molecule has 0 aliphatic carbocycles. The molecule has 0 radical (unpaired) electrons. The van der Waals surface area contributed by atoms with Gasteiger partial charge in [-0.25, -0.2) is 4.98 Å². The van der Waals surface area contributed by atoms with E-state index in [0.717, 1.165) is 13.0 Å². The van der Waals surface area contributed by atoms with Crippen molar-refractivity contribution >= 4 is 11.3 Å². The van der Waals surface area contributed by atoms with Crippen LogP contribution in [0.2, 0.25) is 0 Å². The van der Waals surface area contributed by atoms with Crippen molar-refractivity contribution in [3.8, 4) is 0 Å². The molecule has 1 aliphatic rings. The maximum Gasteiger partial charge on any atom is 0.0798 e. The van der Waals surface area contributed by atoms with E-state index in [-0.39, 0.29) is 0 Å². The fourth-order valence-corrected chi connectivity index (χ4v) is 3.21. The normalized spacial score (nSPS) is 22.5. The first kappa shape index (κ1) is 12.0. The van der Waals surface area contributed by atoms with E-state index in [1.807, 2.05) is 5.51 Å². The van der Waals surface area contributed by atoms with E-state index in [2.05, 4.69) is 16.8 Å². The van der Waals surface area contributed by atoms with Crippen LogP contribution in [0.4, 0.5) is 0 Å². The highest BCUT2D eigenvalue weighted by molar-refractivity contribution is 7.09. The van der Waals surface area contributed by atoms with Crippen molar-refractivity contribution < 1.29 is 5.11 Å². The van der Waals surface area contributed by atoms with Gasteiger partial charge in [-0.15, -0.1) is 11.3 Å². The Morgan fingerprint density at radius 2 is 2.44 bits per heavy atom. The molecular formula is C12H20N2OS. The van der Waals surface area contributed by atoms with Gasteiger partial charge in [0.25, 0.3) is 0 Å². The Labute approximate surface area is 101 Å². The predicted octanol–water partition coefficient (Wildman–Crippen LogP) is 2.19. The number of likely N-dealkylation sites (tertiary alicyclic amines) is 1. The second-order valence-corrected chi connectivity index (χ2v) is 5.43. The molecule has 2 heterocycles. The summed E-state index contributed by atoms with van der Waals surface area (Å²) in [6.07, 6.45) is 4.75. The highest BCUT2D eigenvalue weighted by Gasteiger charge is 2.22. The van der Waals surface area contributed by atoms with E-state index in [1.54, 1.807) is 11.3 Å². The molecule has 1 unspecified atom stereocenters. The molecule has 0 amide bonds. The van der Waals surface area contributed by atoms with Crippen molar-refractivity contribution in [2.45, 2.75) is 45.2 Å². The second kappa shape index (κ2) is 5.75. The van der Waals surface area contributed by atoms with Gasteiger partial charge < -0.3 is 5.11 Å². The van der Waals surface area contributed by atoms with Gasteiger partial charge in [-0.2, -0.15) is 0 Å². The van der Waals surface area contributed by atoms with E-state index in [4.69, 9.17) is 5.11 Å². The standard InChI is InChI=1S/C12H20N2OS/c1-10-12(16-9-13-10)8-14-6-3-2-4-11(14)5-7-15/h9,11,15H,2-8H2,1H3. The summed E-state index contributed by atoms with van der Waals surface area (Å²) in [5.41, 5.74) is 3.09. The lowest BCUT2D eigenvalue weighted by Gasteiger charge is -2.35. The average molecular weight is 240 g/mol. The van der Waals surface area contributed by atoms with Gasteiger partial charge in [0.1, 0.15) is 0 Å². The van der Waals surface area contributed by atoms with Crippen LogP contribution in [0.3, 0.4) is 0 Å². The molecule has 2 rings (SSSR count). The molecule has 1 fully saturated rings. The third-order valence-corrected chi connectivity index (χ3v) is 4.32. The zero-order chi connectivity index (χ0) is 11.4. The van der Waals surface area contributed by atoms with Gasteiger partial charge >= 0.3 is 0 Å². The quantitative estimate of drug-likeness (QED) is 0.876. The number of thiazole rings is 1. The zero-order valence-electron chi connectivity index (χ0n) is 9.85. The molecule has 0 spiro atoms. The SMILES string of the molecule is Cc1ncsc1CN1CCCCC1CCO. The van der Waals surface area contributed by atoms with Crippen LogP contribution in [0.1, 0.15) is 36.3 Å². The minimum absolute atomic E-state index is 0.308. The van der Waals surface area contributed by atoms with Gasteiger partial charge in [-0.1, -0.05) is 6.42 Å². The Morgan fingerprint density at radius 3 is 3.12 bits per heavy atom. The second-order valence-electron chi connectivity index (χ2n) is 4.49. The Kier molecular flexibility index (Phi) is 4.32. The molecule has 4 heteroatoms. The summed E-state index contributed by atoms with van der Waals surface area (Å²) in [5, 5.41) is 9.08. The molecule has 1 atom stereocenters. The van der Waals surface area contributed by atoms with Crippen molar-refractivity contribution in [2.24, 2.45) is 0 Å². The van der Waals surface area contributed by atoms with Gasteiger partial charge in [0.2, 0.25) is 0 Å². The maximum absolute atomic E-state index is 9.08. The lowest BCUT2D eigenvalue weighted by Crippen LogP contribution is -2.39. The zero-order valence-corrected chi connectivity index (χ0v) is 10.7. The van der Waals surface area contributed by atoms with Gasteiger partial charge in [0.15, 0.2) is 0 Å². The number of hydrogen-bond acceptors (Lipinski definition) is 4. The molecule has 0 saturated carbocycles. The lowest BCUT2D eigenvalue weighted by molar-refractivity contribution is 0.113. The lowest BCUT2D eigenvalue weighted by atomic mass is 9.99. The van der Waals surface area contributed by atoms with Crippen molar-refractivity contribution in [2.75, 3.05) is 13.2 Å². The molecule has 1 aromatic heterocycles. The first-order chi connectivity index (χ1) is 7.81. The fraction of sp³-hybridized carbons (Fsp3) is 0.750. The number of aliphatic hydroxyl groups is 1. The van der Waals surface area contributed by atoms with Gasteiger partial charge in [-0.05, 0) is 32.7 Å². The number of aromatic nitrogens is 1. The first-order valence-corrected chi connectivity index (χ1v) is 6.93. The molecule has 0 aromatic carbocycles. The predicted molar refractivity (Wildman–Crippen MR) is 66.6 cm³/mol. The van der Waals surface area contributed by atoms with Crippen molar-refractivity contribution in [3.63, 3.8) is 0 Å². The summed E-state index contributed by atoms with van der Waals surface area (Å²) in [6.45, 7) is 4.57. The molecule has 16 heavy (non-hydrogen) atoms. The highest BCUT2D eigenvalue weighted by atomic mass is 32.1. The van der Waals surface area contributed by atoms with Crippen LogP contribution < -0.4 is 0 Å². The van der Waals surface area contributed by atoms with Crippen LogP contribution in [0.5, 0.6) is 0 Å². The molecule has 90 valence electrons. The topological polar surface area (TPSA) is 36.4 Å². The molecular weight excluding hydrogens is 220 g/mol. The summed E-state index contributed by atoms with van der Waals surface area (Å²) < 4.78 is 0. The Balaban J connectivity index is 1.98. The van der Waals surface area contributed by atoms with Crippen LogP contribution >= 0.6 is 11.3 Å². The number of aliphatic hydroxyl groups excluding tert-OH is 1. The van der Waals surface area contributed by atoms with E-state index in [1.165, 1.54) is 36.4 Å². The molecule has 1 N–H and O–H groups in total. The number of aryl methyl sites for hydroxylation is 1. The minimum atomic E-state index is 0.308. The van der Waals surface area contributed by atoms with Crippen LogP contribution in [0.25, 0.3) is 0 Å². The Morgan fingerprint density at radius 1 is 1.56 bits per heavy atom. The third-order valence-electron chi connectivity index (χ3n) is 3.40. The molecule has 0 bridgehead atoms. The monoisotopic (exact) mass is 240 g/mol. The summed E-state index contributed by atoms with van der Waals surface area (Å²) >= 11 is 1.75. The van der Waals surface area contributed by atoms with E-state index in [9.17, 15) is 0 Å². The number of rotatable bonds is 4. The number of hydrogen-bond donors (Lipinski definition) is 1. The van der Waals surface area contributed by atoms with Crippen molar-refractivity contribution in [1.82, 2.24) is 9.88 Å². The summed E-state index contributed by atoms with van der Waals surface area (Å²) in [7, 11) is 0. The maximum atomic E-state index is 9.08. The fourth-order valence-electron chi connectivity index (χ4n) is 2.41. The van der Waals surface area contributed by atoms with Crippen LogP contribution in [-0.2, 0) is 6.54 Å². The van der Waals surface area contributed by atoms with E-state index >= 15 is 0 Å². The summed E-state index contributed by atoms with van der Waals surface area (Å²) in [6, 6.07) is 0.570. The molecule has 1 saturated heterocycles. The van der Waals surface area contributed by atoms with Crippen molar-refractivity contribution in [1.29, 1.82) is 0 Å². The van der Waals surface area contributed by atoms with E-state index in [0.29, 0.717) is 12.6 Å². The molecule has 3 nitrogen and oxygen atoms in total. The van der Waals surface area contributed by atoms with Crippen LogP contribution in [-0.4, -0.2) is 34.2 Å². The Hall–Kier alpha value is -0.450. The summed E-state index contributed by atoms with van der Waals surface area (Å²) in [4.78, 5) is 8.19. The van der Waals surface area contributed by atoms with Gasteiger partial charge in [0, 0.05) is 24.1 Å². The van der Waals surface area contributed by atoms with Gasteiger partial charge in [-0.3, -0.25) is 4.90 Å². The molecule has 1 aliphatic heterocycles.